The molecule has 2 aliphatic rings. The Kier molecular flexibility index (Phi) is 5.14. The Morgan fingerprint density at radius 1 is 1.10 bits per heavy atom. The number of likely N-dealkylation sites (N-methyl/N-ethyl adjacent to an activating group) is 2. The molecule has 0 aromatic rings. The first kappa shape index (κ1) is 16.3. The summed E-state index contributed by atoms with van der Waals surface area (Å²) in [4.78, 5) is 5.00. The third-order valence-electron chi connectivity index (χ3n) is 6.05. The largest absolute Gasteiger partial charge is 0.327 e. The Morgan fingerprint density at radius 3 is 2.20 bits per heavy atom. The van der Waals surface area contributed by atoms with E-state index < -0.39 is 0 Å². The van der Waals surface area contributed by atoms with E-state index in [0.29, 0.717) is 17.5 Å². The second-order valence-corrected chi connectivity index (χ2v) is 8.05. The van der Waals surface area contributed by atoms with E-state index in [-0.39, 0.29) is 0 Å². The minimum absolute atomic E-state index is 0.396. The number of rotatable bonds is 5. The van der Waals surface area contributed by atoms with Crippen LogP contribution in [0.15, 0.2) is 0 Å². The van der Waals surface area contributed by atoms with Crippen molar-refractivity contribution in [1.29, 1.82) is 0 Å². The molecular weight excluding hydrogens is 246 g/mol. The van der Waals surface area contributed by atoms with E-state index in [1.54, 1.807) is 0 Å². The molecule has 3 nitrogen and oxygen atoms in total. The van der Waals surface area contributed by atoms with Crippen molar-refractivity contribution < 1.29 is 0 Å². The van der Waals surface area contributed by atoms with Crippen LogP contribution in [0.1, 0.15) is 46.0 Å². The molecule has 0 aromatic carbocycles. The highest BCUT2D eigenvalue weighted by Gasteiger charge is 2.41. The van der Waals surface area contributed by atoms with Gasteiger partial charge in [-0.2, -0.15) is 0 Å². The molecule has 0 spiro atoms. The highest BCUT2D eigenvalue weighted by molar-refractivity contribution is 4.98. The van der Waals surface area contributed by atoms with Crippen LogP contribution in [0.2, 0.25) is 0 Å². The zero-order valence-corrected chi connectivity index (χ0v) is 14.2. The van der Waals surface area contributed by atoms with Gasteiger partial charge in [0.05, 0.1) is 0 Å². The fourth-order valence-electron chi connectivity index (χ4n) is 4.54. The van der Waals surface area contributed by atoms with Crippen molar-refractivity contribution >= 4 is 0 Å². The van der Waals surface area contributed by atoms with Gasteiger partial charge in [0.1, 0.15) is 0 Å². The monoisotopic (exact) mass is 281 g/mol. The number of hydrogen-bond acceptors (Lipinski definition) is 3. The van der Waals surface area contributed by atoms with Gasteiger partial charge in [0.2, 0.25) is 0 Å². The Labute approximate surface area is 125 Å². The summed E-state index contributed by atoms with van der Waals surface area (Å²) in [6.07, 6.45) is 6.66. The highest BCUT2D eigenvalue weighted by Crippen LogP contribution is 2.38. The first-order valence-corrected chi connectivity index (χ1v) is 8.45. The van der Waals surface area contributed by atoms with E-state index in [4.69, 9.17) is 5.73 Å². The van der Waals surface area contributed by atoms with Crippen LogP contribution in [0.3, 0.4) is 0 Å². The van der Waals surface area contributed by atoms with Crippen LogP contribution >= 0.6 is 0 Å². The van der Waals surface area contributed by atoms with Crippen LogP contribution in [0, 0.1) is 17.8 Å². The lowest BCUT2D eigenvalue weighted by Gasteiger charge is -2.50. The molecule has 0 heterocycles. The molecule has 2 saturated carbocycles. The first-order chi connectivity index (χ1) is 9.34. The molecule has 2 N–H and O–H groups in total. The van der Waals surface area contributed by atoms with Crippen molar-refractivity contribution in [3.8, 4) is 0 Å². The van der Waals surface area contributed by atoms with Gasteiger partial charge in [-0.3, -0.25) is 0 Å². The van der Waals surface area contributed by atoms with Crippen LogP contribution in [0.25, 0.3) is 0 Å². The summed E-state index contributed by atoms with van der Waals surface area (Å²) in [7, 11) is 6.77. The molecule has 2 fully saturated rings. The van der Waals surface area contributed by atoms with Gasteiger partial charge in [0, 0.05) is 24.7 Å². The third-order valence-corrected chi connectivity index (χ3v) is 6.05. The van der Waals surface area contributed by atoms with Gasteiger partial charge in [-0.25, -0.2) is 0 Å². The quantitative estimate of drug-likeness (QED) is 0.840. The molecule has 0 saturated heterocycles. The van der Waals surface area contributed by atoms with Crippen LogP contribution in [-0.2, 0) is 0 Å². The van der Waals surface area contributed by atoms with E-state index >= 15 is 0 Å². The predicted octanol–water partition coefficient (Wildman–Crippen LogP) is 2.41. The van der Waals surface area contributed by atoms with Gasteiger partial charge in [0.25, 0.3) is 0 Å². The zero-order chi connectivity index (χ0) is 14.9. The van der Waals surface area contributed by atoms with Crippen molar-refractivity contribution in [1.82, 2.24) is 9.80 Å². The molecule has 0 aromatic heterocycles. The van der Waals surface area contributed by atoms with Crippen LogP contribution in [0.5, 0.6) is 0 Å². The Bertz CT molecular complexity index is 299. The van der Waals surface area contributed by atoms with Gasteiger partial charge in [-0.15, -0.1) is 0 Å². The molecule has 0 radical (unpaired) electrons. The normalized spacial score (nSPS) is 37.2. The van der Waals surface area contributed by atoms with Crippen LogP contribution in [0.4, 0.5) is 0 Å². The molecule has 2 rings (SSSR count). The minimum atomic E-state index is 0.396. The third kappa shape index (κ3) is 3.37. The van der Waals surface area contributed by atoms with Crippen LogP contribution < -0.4 is 5.73 Å². The van der Waals surface area contributed by atoms with Crippen molar-refractivity contribution in [2.24, 2.45) is 23.5 Å². The number of hydrogen-bond donors (Lipinski definition) is 1. The molecule has 0 aliphatic heterocycles. The van der Waals surface area contributed by atoms with E-state index in [9.17, 15) is 0 Å². The van der Waals surface area contributed by atoms with E-state index in [0.717, 1.165) is 11.8 Å². The fourth-order valence-corrected chi connectivity index (χ4v) is 4.54. The van der Waals surface area contributed by atoms with Gasteiger partial charge in [-0.1, -0.05) is 13.8 Å². The number of nitrogens with two attached hydrogens (primary N) is 1. The molecular formula is C17H35N3. The topological polar surface area (TPSA) is 32.5 Å². The van der Waals surface area contributed by atoms with Gasteiger partial charge in [0.15, 0.2) is 0 Å². The first-order valence-electron chi connectivity index (χ1n) is 8.45. The average Bonchev–Trinajstić information content (AvgIpc) is 2.28. The van der Waals surface area contributed by atoms with Crippen molar-refractivity contribution in [3.63, 3.8) is 0 Å². The molecule has 2 aliphatic carbocycles. The number of nitrogens with zero attached hydrogens (tertiary/aromatic N) is 2. The summed E-state index contributed by atoms with van der Waals surface area (Å²) in [6, 6.07) is 0.396. The van der Waals surface area contributed by atoms with E-state index in [1.807, 2.05) is 0 Å². The SMILES string of the molecule is CC1CC(C)C(CN(C)CC2(N(C)C)CCC2)C(N)C1. The van der Waals surface area contributed by atoms with Gasteiger partial charge < -0.3 is 15.5 Å². The minimum Gasteiger partial charge on any atom is -0.327 e. The summed E-state index contributed by atoms with van der Waals surface area (Å²) < 4.78 is 0. The zero-order valence-electron chi connectivity index (χ0n) is 14.2. The molecule has 4 unspecified atom stereocenters. The maximum absolute atomic E-state index is 6.44. The van der Waals surface area contributed by atoms with Crippen molar-refractivity contribution in [3.05, 3.63) is 0 Å². The summed E-state index contributed by atoms with van der Waals surface area (Å²) in [5.74, 6) is 2.25. The van der Waals surface area contributed by atoms with E-state index in [1.165, 1.54) is 45.2 Å². The summed E-state index contributed by atoms with van der Waals surface area (Å²) in [6.45, 7) is 7.13. The summed E-state index contributed by atoms with van der Waals surface area (Å²) >= 11 is 0. The highest BCUT2D eigenvalue weighted by atomic mass is 15.2. The molecule has 118 valence electrons. The Morgan fingerprint density at radius 2 is 1.75 bits per heavy atom. The Balaban J connectivity index is 1.89. The smallest absolute Gasteiger partial charge is 0.0330 e. The molecule has 0 amide bonds. The second-order valence-electron chi connectivity index (χ2n) is 8.05. The van der Waals surface area contributed by atoms with Gasteiger partial charge >= 0.3 is 0 Å². The van der Waals surface area contributed by atoms with Gasteiger partial charge in [-0.05, 0) is 71.0 Å². The summed E-state index contributed by atoms with van der Waals surface area (Å²) in [5.41, 5.74) is 6.88. The van der Waals surface area contributed by atoms with Crippen LogP contribution in [-0.4, -0.2) is 55.6 Å². The predicted molar refractivity (Wildman–Crippen MR) is 86.8 cm³/mol. The summed E-state index contributed by atoms with van der Waals surface area (Å²) in [5, 5.41) is 0. The van der Waals surface area contributed by atoms with Crippen molar-refractivity contribution in [2.45, 2.75) is 57.5 Å². The maximum Gasteiger partial charge on any atom is 0.0330 e. The standard InChI is InChI=1S/C17H35N3/c1-13-9-14(2)15(16(18)10-13)11-20(5)12-17(19(3)4)7-6-8-17/h13-16H,6-12,18H2,1-5H3. The van der Waals surface area contributed by atoms with E-state index in [2.05, 4.69) is 44.8 Å². The average molecular weight is 281 g/mol. The maximum atomic E-state index is 6.44. The van der Waals surface area contributed by atoms with Crippen molar-refractivity contribution in [2.75, 3.05) is 34.2 Å². The molecule has 20 heavy (non-hydrogen) atoms. The molecule has 0 bridgehead atoms. The fraction of sp³-hybridized carbons (Fsp3) is 1.00. The Hall–Kier alpha value is -0.120. The lowest BCUT2D eigenvalue weighted by molar-refractivity contribution is 0.0162. The molecule has 3 heteroatoms. The lowest BCUT2D eigenvalue weighted by atomic mass is 9.72. The molecule has 4 atom stereocenters. The lowest BCUT2D eigenvalue weighted by Crippen LogP contribution is -2.58. The second kappa shape index (κ2) is 6.33.